The van der Waals surface area contributed by atoms with Crippen LogP contribution in [0.25, 0.3) is 0 Å². The van der Waals surface area contributed by atoms with E-state index in [2.05, 4.69) is 5.32 Å². The first-order chi connectivity index (χ1) is 10.8. The first-order valence-electron chi connectivity index (χ1n) is 6.49. The highest BCUT2D eigenvalue weighted by Gasteiger charge is 2.35. The molecule has 0 spiro atoms. The molecule has 1 saturated heterocycles. The number of amides is 2. The number of aliphatic hydroxyl groups excluding tert-OH is 3. The van der Waals surface area contributed by atoms with Crippen LogP contribution >= 0.6 is 23.8 Å². The first kappa shape index (κ1) is 17.5. The second-order valence-corrected chi connectivity index (χ2v) is 5.52. The van der Waals surface area contributed by atoms with Gasteiger partial charge in [-0.1, -0.05) is 11.6 Å². The predicted molar refractivity (Wildman–Crippen MR) is 86.9 cm³/mol. The van der Waals surface area contributed by atoms with Crippen LogP contribution in [0.1, 0.15) is 0 Å². The van der Waals surface area contributed by atoms with Crippen molar-refractivity contribution in [1.29, 1.82) is 0 Å². The largest absolute Gasteiger partial charge is 0.394 e. The molecule has 1 aliphatic rings. The summed E-state index contributed by atoms with van der Waals surface area (Å²) in [5.74, 6) is -1.56. The number of nitrogens with one attached hydrogen (secondary N) is 1. The zero-order valence-corrected chi connectivity index (χ0v) is 13.2. The summed E-state index contributed by atoms with van der Waals surface area (Å²) in [7, 11) is 0. The van der Waals surface area contributed by atoms with Crippen LogP contribution in [0, 0.1) is 0 Å². The number of thiocarbonyl (C=S) groups is 1. The lowest BCUT2D eigenvalue weighted by atomic mass is 10.1. The Morgan fingerprint density at radius 2 is 1.87 bits per heavy atom. The van der Waals surface area contributed by atoms with Gasteiger partial charge in [0.1, 0.15) is 17.8 Å². The maximum absolute atomic E-state index is 12.5. The highest BCUT2D eigenvalue weighted by Crippen LogP contribution is 2.23. The van der Waals surface area contributed by atoms with Gasteiger partial charge in [-0.05, 0) is 42.6 Å². The Morgan fingerprint density at radius 1 is 1.26 bits per heavy atom. The van der Waals surface area contributed by atoms with Crippen molar-refractivity contribution in [1.82, 2.24) is 5.32 Å². The minimum Gasteiger partial charge on any atom is -0.394 e. The van der Waals surface area contributed by atoms with Gasteiger partial charge in [-0.25, -0.2) is 0 Å². The van der Waals surface area contributed by atoms with Crippen molar-refractivity contribution in [3.8, 4) is 0 Å². The summed E-state index contributed by atoms with van der Waals surface area (Å²) >= 11 is 10.8. The normalized spacial score (nSPS) is 19.7. The van der Waals surface area contributed by atoms with E-state index in [9.17, 15) is 19.8 Å². The van der Waals surface area contributed by atoms with Crippen molar-refractivity contribution in [2.24, 2.45) is 0 Å². The van der Waals surface area contributed by atoms with E-state index in [1.54, 1.807) is 24.3 Å². The summed E-state index contributed by atoms with van der Waals surface area (Å²) in [6, 6.07) is 6.19. The van der Waals surface area contributed by atoms with Crippen molar-refractivity contribution >= 4 is 46.4 Å². The standard InChI is InChI=1S/C14H13ClN2O5S/c15-7-1-3-8(4-2-7)17-13(22)9(12(21)16-14(17)23)5-10(19)11(20)6-18/h1-5,10-11,18-20H,6H2,(H,16,21,23)/b9-5-/t10-,11+/m0/s1. The summed E-state index contributed by atoms with van der Waals surface area (Å²) < 4.78 is 0. The van der Waals surface area contributed by atoms with Gasteiger partial charge in [0.15, 0.2) is 5.11 Å². The van der Waals surface area contributed by atoms with Crippen LogP contribution < -0.4 is 10.2 Å². The third kappa shape index (κ3) is 3.74. The molecule has 122 valence electrons. The lowest BCUT2D eigenvalue weighted by Crippen LogP contribution is -2.54. The number of carbonyl (C=O) groups is 2. The van der Waals surface area contributed by atoms with Gasteiger partial charge in [0.25, 0.3) is 11.8 Å². The van der Waals surface area contributed by atoms with Gasteiger partial charge in [-0.15, -0.1) is 0 Å². The van der Waals surface area contributed by atoms with Crippen molar-refractivity contribution in [2.45, 2.75) is 12.2 Å². The molecule has 0 radical (unpaired) electrons. The number of halogens is 1. The molecule has 0 unspecified atom stereocenters. The van der Waals surface area contributed by atoms with Crippen LogP contribution in [0.5, 0.6) is 0 Å². The molecule has 0 bridgehead atoms. The zero-order chi connectivity index (χ0) is 17.1. The van der Waals surface area contributed by atoms with E-state index >= 15 is 0 Å². The summed E-state index contributed by atoms with van der Waals surface area (Å²) in [5, 5.41) is 30.5. The Morgan fingerprint density at radius 3 is 2.43 bits per heavy atom. The van der Waals surface area contributed by atoms with Gasteiger partial charge < -0.3 is 15.3 Å². The molecule has 1 heterocycles. The molecular formula is C14H13ClN2O5S. The molecule has 2 atom stereocenters. The van der Waals surface area contributed by atoms with Gasteiger partial charge >= 0.3 is 0 Å². The molecule has 4 N–H and O–H groups in total. The number of hydrogen-bond acceptors (Lipinski definition) is 6. The zero-order valence-electron chi connectivity index (χ0n) is 11.6. The highest BCUT2D eigenvalue weighted by molar-refractivity contribution is 7.80. The minimum absolute atomic E-state index is 0.114. The number of hydrogen-bond donors (Lipinski definition) is 4. The van der Waals surface area contributed by atoms with Gasteiger partial charge in [0.05, 0.1) is 12.3 Å². The molecule has 23 heavy (non-hydrogen) atoms. The van der Waals surface area contributed by atoms with Crippen LogP contribution in [0.4, 0.5) is 5.69 Å². The van der Waals surface area contributed by atoms with Gasteiger partial charge in [0, 0.05) is 5.02 Å². The van der Waals surface area contributed by atoms with Crippen LogP contribution in [0.3, 0.4) is 0 Å². The van der Waals surface area contributed by atoms with E-state index in [-0.39, 0.29) is 5.11 Å². The van der Waals surface area contributed by atoms with Crippen molar-refractivity contribution < 1.29 is 24.9 Å². The number of carbonyl (C=O) groups excluding carboxylic acids is 2. The average molecular weight is 357 g/mol. The monoisotopic (exact) mass is 356 g/mol. The van der Waals surface area contributed by atoms with Crippen LogP contribution in [-0.4, -0.2) is 51.1 Å². The van der Waals surface area contributed by atoms with E-state index in [0.717, 1.165) is 11.0 Å². The van der Waals surface area contributed by atoms with E-state index < -0.39 is 36.2 Å². The maximum atomic E-state index is 12.5. The maximum Gasteiger partial charge on any atom is 0.269 e. The summed E-state index contributed by atoms with van der Waals surface area (Å²) in [6.45, 7) is -0.722. The lowest BCUT2D eigenvalue weighted by Gasteiger charge is -2.29. The fraction of sp³-hybridized carbons (Fsp3) is 0.214. The molecule has 1 aromatic carbocycles. The van der Waals surface area contributed by atoms with E-state index in [1.165, 1.54) is 0 Å². The molecule has 0 saturated carbocycles. The van der Waals surface area contributed by atoms with Gasteiger partial charge in [-0.3, -0.25) is 19.8 Å². The van der Waals surface area contributed by atoms with Gasteiger partial charge in [-0.2, -0.15) is 0 Å². The Balaban J connectivity index is 2.37. The molecule has 0 aromatic heterocycles. The molecule has 2 rings (SSSR count). The Bertz CT molecular complexity index is 676. The van der Waals surface area contributed by atoms with Crippen LogP contribution in [0.2, 0.25) is 5.02 Å². The second-order valence-electron chi connectivity index (χ2n) is 4.70. The number of rotatable bonds is 4. The number of anilines is 1. The Labute approximate surface area is 141 Å². The minimum atomic E-state index is -1.58. The topological polar surface area (TPSA) is 110 Å². The second kappa shape index (κ2) is 7.16. The Hall–Kier alpha value is -1.84. The number of benzene rings is 1. The molecule has 0 aliphatic carbocycles. The quantitative estimate of drug-likeness (QED) is 0.336. The number of aliphatic hydroxyl groups is 3. The van der Waals surface area contributed by atoms with E-state index in [1.807, 2.05) is 0 Å². The Kier molecular flexibility index (Phi) is 5.45. The van der Waals surface area contributed by atoms with Crippen molar-refractivity contribution in [3.05, 3.63) is 40.9 Å². The lowest BCUT2D eigenvalue weighted by molar-refractivity contribution is -0.122. The first-order valence-corrected chi connectivity index (χ1v) is 7.28. The molecule has 1 aliphatic heterocycles. The fourth-order valence-corrected chi connectivity index (χ4v) is 2.30. The average Bonchev–Trinajstić information content (AvgIpc) is 2.52. The molecule has 2 amide bonds. The van der Waals surface area contributed by atoms with E-state index in [0.29, 0.717) is 10.7 Å². The molecule has 7 nitrogen and oxygen atoms in total. The number of nitrogens with zero attached hydrogens (tertiary/aromatic N) is 1. The SMILES string of the molecule is O=C1NC(=S)N(c2ccc(Cl)cc2)C(=O)/C1=C\[C@H](O)[C@H](O)CO. The van der Waals surface area contributed by atoms with Crippen molar-refractivity contribution in [2.75, 3.05) is 11.5 Å². The highest BCUT2D eigenvalue weighted by atomic mass is 35.5. The summed E-state index contributed by atoms with van der Waals surface area (Å²) in [6.07, 6.45) is -2.21. The van der Waals surface area contributed by atoms with Crippen LogP contribution in [0.15, 0.2) is 35.9 Å². The summed E-state index contributed by atoms with van der Waals surface area (Å²) in [4.78, 5) is 25.5. The smallest absolute Gasteiger partial charge is 0.269 e. The molecule has 1 aromatic rings. The van der Waals surface area contributed by atoms with Crippen molar-refractivity contribution in [3.63, 3.8) is 0 Å². The third-order valence-electron chi connectivity index (χ3n) is 3.11. The van der Waals surface area contributed by atoms with Crippen LogP contribution in [-0.2, 0) is 9.59 Å². The fourth-order valence-electron chi connectivity index (χ4n) is 1.89. The molecule has 9 heteroatoms. The van der Waals surface area contributed by atoms with E-state index in [4.69, 9.17) is 28.9 Å². The van der Waals surface area contributed by atoms with Gasteiger partial charge in [0.2, 0.25) is 0 Å². The predicted octanol–water partition coefficient (Wildman–Crippen LogP) is -0.272. The molecule has 1 fully saturated rings. The molecular weight excluding hydrogens is 344 g/mol. The third-order valence-corrected chi connectivity index (χ3v) is 3.64. The summed E-state index contributed by atoms with van der Waals surface area (Å²) in [5.41, 5.74) is -0.0129.